The topological polar surface area (TPSA) is 94.8 Å². The molecule has 0 aliphatic heterocycles. The van der Waals surface area contributed by atoms with Gasteiger partial charge in [-0.1, -0.05) is 35.2 Å². The molecule has 3 aromatic rings. The minimum Gasteiger partial charge on any atom is -0.385 e. The van der Waals surface area contributed by atoms with Gasteiger partial charge in [-0.05, 0) is 38.5 Å². The number of rotatable bonds is 9. The number of amides is 1. The van der Waals surface area contributed by atoms with Crippen LogP contribution in [0.25, 0.3) is 5.69 Å². The second-order valence-electron chi connectivity index (χ2n) is 6.46. The Morgan fingerprint density at radius 1 is 1.17 bits per heavy atom. The third-order valence-corrected chi connectivity index (χ3v) is 4.95. The average Bonchev–Trinajstić information content (AvgIpc) is 3.13. The first-order chi connectivity index (χ1) is 14.1. The molecule has 0 saturated carbocycles. The number of para-hydroxylation sites is 1. The molecule has 0 fully saturated rings. The van der Waals surface area contributed by atoms with Gasteiger partial charge in [0.1, 0.15) is 0 Å². The highest BCUT2D eigenvalue weighted by Crippen LogP contribution is 2.23. The van der Waals surface area contributed by atoms with Gasteiger partial charge in [0.2, 0.25) is 0 Å². The third kappa shape index (κ3) is 5.61. The van der Waals surface area contributed by atoms with Gasteiger partial charge in [0.15, 0.2) is 10.9 Å². The van der Waals surface area contributed by atoms with Crippen LogP contribution in [0.3, 0.4) is 0 Å². The Morgan fingerprint density at radius 3 is 2.59 bits per heavy atom. The number of nitrogens with zero attached hydrogens (tertiary/aromatic N) is 5. The summed E-state index contributed by atoms with van der Waals surface area (Å²) in [4.78, 5) is 21.6. The van der Waals surface area contributed by atoms with Gasteiger partial charge in [0.05, 0.1) is 11.4 Å². The normalized spacial score (nSPS) is 10.9. The molecule has 8 nitrogen and oxygen atoms in total. The van der Waals surface area contributed by atoms with Crippen molar-refractivity contribution in [3.63, 3.8) is 0 Å². The zero-order valence-corrected chi connectivity index (χ0v) is 17.6. The molecule has 0 radical (unpaired) electrons. The summed E-state index contributed by atoms with van der Waals surface area (Å²) in [5.74, 6) is 0.214. The van der Waals surface area contributed by atoms with Crippen molar-refractivity contribution in [2.45, 2.75) is 31.2 Å². The number of methoxy groups -OCH3 is 1. The van der Waals surface area contributed by atoms with Crippen molar-refractivity contribution >= 4 is 17.7 Å². The lowest BCUT2D eigenvalue weighted by molar-refractivity contribution is 0.0943. The van der Waals surface area contributed by atoms with Crippen LogP contribution in [0.4, 0.5) is 0 Å². The Morgan fingerprint density at radius 2 is 1.90 bits per heavy atom. The highest BCUT2D eigenvalue weighted by molar-refractivity contribution is 7.98. The van der Waals surface area contributed by atoms with Crippen LogP contribution in [0.5, 0.6) is 0 Å². The Bertz CT molecular complexity index is 941. The van der Waals surface area contributed by atoms with Gasteiger partial charge in [-0.2, -0.15) is 0 Å². The fraction of sp³-hybridized carbons (Fsp3) is 0.350. The monoisotopic (exact) mass is 412 g/mol. The Balaban J connectivity index is 1.84. The number of hydrogen-bond donors (Lipinski definition) is 1. The number of carbonyl (C=O) groups is 1. The van der Waals surface area contributed by atoms with Crippen LogP contribution in [-0.4, -0.2) is 51.1 Å². The van der Waals surface area contributed by atoms with Crippen LogP contribution >= 0.6 is 11.8 Å². The molecule has 0 atom stereocenters. The number of nitrogens with one attached hydrogen (secondary N) is 1. The molecule has 1 amide bonds. The summed E-state index contributed by atoms with van der Waals surface area (Å²) in [6, 6.07) is 11.6. The minimum absolute atomic E-state index is 0.250. The van der Waals surface area contributed by atoms with E-state index in [9.17, 15) is 4.79 Å². The van der Waals surface area contributed by atoms with E-state index in [4.69, 9.17) is 4.74 Å². The smallest absolute Gasteiger partial charge is 0.273 e. The van der Waals surface area contributed by atoms with Gasteiger partial charge < -0.3 is 10.1 Å². The lowest BCUT2D eigenvalue weighted by Crippen LogP contribution is -2.26. The first-order valence-corrected chi connectivity index (χ1v) is 10.3. The number of hydrogen-bond acceptors (Lipinski definition) is 7. The summed E-state index contributed by atoms with van der Waals surface area (Å²) in [6.07, 6.45) is 0.732. The lowest BCUT2D eigenvalue weighted by atomic mass is 10.3. The summed E-state index contributed by atoms with van der Waals surface area (Å²) in [7, 11) is 1.64. The molecule has 29 heavy (non-hydrogen) atoms. The Kier molecular flexibility index (Phi) is 7.31. The van der Waals surface area contributed by atoms with Crippen LogP contribution in [0.2, 0.25) is 0 Å². The summed E-state index contributed by atoms with van der Waals surface area (Å²) in [5, 5.41) is 11.9. The SMILES string of the molecule is COCCCNC(=O)c1nnn(-c2ccccc2)c1CSc1nc(C)cc(C)n1. The van der Waals surface area contributed by atoms with E-state index in [0.29, 0.717) is 35.4 Å². The van der Waals surface area contributed by atoms with E-state index in [-0.39, 0.29) is 5.91 Å². The predicted molar refractivity (Wildman–Crippen MR) is 111 cm³/mol. The van der Waals surface area contributed by atoms with Crippen molar-refractivity contribution in [1.29, 1.82) is 0 Å². The highest BCUT2D eigenvalue weighted by Gasteiger charge is 2.21. The predicted octanol–water partition coefficient (Wildman–Crippen LogP) is 2.73. The lowest BCUT2D eigenvalue weighted by Gasteiger charge is -2.09. The average molecular weight is 413 g/mol. The van der Waals surface area contributed by atoms with E-state index >= 15 is 0 Å². The highest BCUT2D eigenvalue weighted by atomic mass is 32.2. The molecular formula is C20H24N6O2S. The standard InChI is InChI=1S/C20H24N6O2S/c1-14-12-15(2)23-20(22-14)29-13-17-18(19(27)21-10-7-11-28-3)24-25-26(17)16-8-5-4-6-9-16/h4-6,8-9,12H,7,10-11,13H2,1-3H3,(H,21,27). The van der Waals surface area contributed by atoms with Gasteiger partial charge in [-0.15, -0.1) is 5.10 Å². The molecule has 2 heterocycles. The molecule has 1 aromatic carbocycles. The van der Waals surface area contributed by atoms with Gasteiger partial charge >= 0.3 is 0 Å². The number of ether oxygens (including phenoxy) is 1. The fourth-order valence-corrected chi connectivity index (χ4v) is 3.72. The zero-order chi connectivity index (χ0) is 20.6. The molecule has 2 aromatic heterocycles. The molecule has 0 aliphatic rings. The largest absolute Gasteiger partial charge is 0.385 e. The van der Waals surface area contributed by atoms with Crippen LogP contribution in [-0.2, 0) is 10.5 Å². The summed E-state index contributed by atoms with van der Waals surface area (Å²) in [6.45, 7) is 4.97. The summed E-state index contributed by atoms with van der Waals surface area (Å²) < 4.78 is 6.72. The van der Waals surface area contributed by atoms with E-state index in [1.807, 2.05) is 50.2 Å². The maximum Gasteiger partial charge on any atom is 0.273 e. The second-order valence-corrected chi connectivity index (χ2v) is 7.40. The van der Waals surface area contributed by atoms with Crippen molar-refractivity contribution in [2.24, 2.45) is 0 Å². The number of thioether (sulfide) groups is 1. The number of carbonyl (C=O) groups excluding carboxylic acids is 1. The zero-order valence-electron chi connectivity index (χ0n) is 16.8. The van der Waals surface area contributed by atoms with Crippen molar-refractivity contribution in [2.75, 3.05) is 20.3 Å². The maximum absolute atomic E-state index is 12.7. The van der Waals surface area contributed by atoms with E-state index in [0.717, 1.165) is 23.5 Å². The molecular weight excluding hydrogens is 388 g/mol. The van der Waals surface area contributed by atoms with Crippen molar-refractivity contribution < 1.29 is 9.53 Å². The van der Waals surface area contributed by atoms with E-state index in [1.165, 1.54) is 11.8 Å². The molecule has 3 rings (SSSR count). The molecule has 0 bridgehead atoms. The quantitative estimate of drug-likeness (QED) is 0.328. The molecule has 1 N–H and O–H groups in total. The molecule has 152 valence electrons. The maximum atomic E-state index is 12.7. The number of aryl methyl sites for hydroxylation is 2. The van der Waals surface area contributed by atoms with Crippen LogP contribution < -0.4 is 5.32 Å². The van der Waals surface area contributed by atoms with Gasteiger partial charge in [0, 0.05) is 37.4 Å². The third-order valence-electron chi connectivity index (χ3n) is 4.09. The molecule has 0 aliphatic carbocycles. The first kappa shape index (κ1) is 20.9. The Labute approximate surface area is 174 Å². The molecule has 0 saturated heterocycles. The van der Waals surface area contributed by atoms with Crippen LogP contribution in [0, 0.1) is 13.8 Å². The van der Waals surface area contributed by atoms with E-state index < -0.39 is 0 Å². The molecule has 0 spiro atoms. The van der Waals surface area contributed by atoms with Crippen LogP contribution in [0.15, 0.2) is 41.6 Å². The van der Waals surface area contributed by atoms with E-state index in [2.05, 4.69) is 25.6 Å². The minimum atomic E-state index is -0.250. The van der Waals surface area contributed by atoms with E-state index in [1.54, 1.807) is 11.8 Å². The van der Waals surface area contributed by atoms with Gasteiger partial charge in [-0.3, -0.25) is 4.79 Å². The van der Waals surface area contributed by atoms with Gasteiger partial charge in [0.25, 0.3) is 5.91 Å². The first-order valence-electron chi connectivity index (χ1n) is 9.30. The number of aromatic nitrogens is 5. The number of benzene rings is 1. The molecule has 9 heteroatoms. The Hall–Kier alpha value is -2.78. The van der Waals surface area contributed by atoms with Crippen molar-refractivity contribution in [1.82, 2.24) is 30.3 Å². The summed E-state index contributed by atoms with van der Waals surface area (Å²) >= 11 is 1.46. The van der Waals surface area contributed by atoms with Crippen LogP contribution in [0.1, 0.15) is 34.0 Å². The van der Waals surface area contributed by atoms with Crippen molar-refractivity contribution in [3.05, 3.63) is 59.2 Å². The fourth-order valence-electron chi connectivity index (χ4n) is 2.78. The summed E-state index contributed by atoms with van der Waals surface area (Å²) in [5.41, 5.74) is 3.67. The van der Waals surface area contributed by atoms with Gasteiger partial charge in [-0.25, -0.2) is 14.6 Å². The van der Waals surface area contributed by atoms with Crippen molar-refractivity contribution in [3.8, 4) is 5.69 Å². The molecule has 0 unspecified atom stereocenters. The second kappa shape index (κ2) is 10.1.